The molecule has 0 amide bonds. The van der Waals surface area contributed by atoms with Crippen LogP contribution in [0.25, 0.3) is 0 Å². The third-order valence-electron chi connectivity index (χ3n) is 2.76. The molecule has 0 N–H and O–H groups in total. The summed E-state index contributed by atoms with van der Waals surface area (Å²) in [6, 6.07) is 7.83. The molecular weight excluding hydrogens is 271 g/mol. The number of aryl methyl sites for hydroxylation is 1. The van der Waals surface area contributed by atoms with Crippen molar-refractivity contribution in [3.05, 3.63) is 64.6 Å². The maximum Gasteiger partial charge on any atom is 0.416 e. The Kier molecular flexibility index (Phi) is 3.83. The van der Waals surface area contributed by atoms with Crippen molar-refractivity contribution in [2.75, 3.05) is 0 Å². The van der Waals surface area contributed by atoms with Crippen LogP contribution >= 0.6 is 0 Å². The van der Waals surface area contributed by atoms with Gasteiger partial charge in [0.25, 0.3) is 0 Å². The highest BCUT2D eigenvalue weighted by Crippen LogP contribution is 2.29. The van der Waals surface area contributed by atoms with Gasteiger partial charge < -0.3 is 9.94 Å². The number of halogens is 3. The van der Waals surface area contributed by atoms with E-state index in [1.807, 2.05) is 0 Å². The molecule has 2 aromatic rings. The molecule has 1 heterocycles. The molecule has 0 aliphatic heterocycles. The van der Waals surface area contributed by atoms with Crippen molar-refractivity contribution < 1.29 is 22.6 Å². The lowest BCUT2D eigenvalue weighted by Crippen LogP contribution is -2.28. The van der Waals surface area contributed by atoms with E-state index in [1.165, 1.54) is 24.4 Å². The summed E-state index contributed by atoms with van der Waals surface area (Å²) in [6.07, 6.45) is -3.02. The molecule has 0 atom stereocenters. The molecular formula is C14H12F3NO2. The molecule has 1 aromatic carbocycles. The molecule has 0 radical (unpaired) electrons. The summed E-state index contributed by atoms with van der Waals surface area (Å²) in [5.74, 6) is 0.495. The fourth-order valence-corrected chi connectivity index (χ4v) is 1.62. The number of hydrogen-bond acceptors (Lipinski definition) is 2. The second kappa shape index (κ2) is 5.40. The minimum absolute atomic E-state index is 0.139. The first kappa shape index (κ1) is 14.2. The van der Waals surface area contributed by atoms with Crippen LogP contribution in [-0.2, 0) is 12.8 Å². The SMILES string of the molecule is Cc1cc(OCc2ccc(C(F)(F)F)cc2)cc[n+]1[O-]. The Balaban J connectivity index is 2.02. The minimum atomic E-state index is -4.34. The van der Waals surface area contributed by atoms with E-state index in [9.17, 15) is 18.4 Å². The quantitative estimate of drug-likeness (QED) is 0.640. The van der Waals surface area contributed by atoms with Crippen molar-refractivity contribution in [3.63, 3.8) is 0 Å². The van der Waals surface area contributed by atoms with Gasteiger partial charge in [0.2, 0.25) is 0 Å². The third kappa shape index (κ3) is 3.40. The maximum atomic E-state index is 12.4. The van der Waals surface area contributed by atoms with E-state index in [1.54, 1.807) is 13.0 Å². The molecule has 0 saturated carbocycles. The summed E-state index contributed by atoms with van der Waals surface area (Å²) in [6.45, 7) is 1.78. The molecule has 0 fully saturated rings. The average molecular weight is 283 g/mol. The highest BCUT2D eigenvalue weighted by atomic mass is 19.4. The van der Waals surface area contributed by atoms with Crippen LogP contribution < -0.4 is 9.47 Å². The largest absolute Gasteiger partial charge is 0.619 e. The lowest BCUT2D eigenvalue weighted by molar-refractivity contribution is -0.612. The molecule has 0 aliphatic rings. The van der Waals surface area contributed by atoms with Crippen LogP contribution in [0.2, 0.25) is 0 Å². The summed E-state index contributed by atoms with van der Waals surface area (Å²) in [7, 11) is 0. The van der Waals surface area contributed by atoms with Crippen molar-refractivity contribution in [2.45, 2.75) is 19.7 Å². The van der Waals surface area contributed by atoms with Crippen LogP contribution in [0.3, 0.4) is 0 Å². The lowest BCUT2D eigenvalue weighted by Gasteiger charge is -2.09. The second-order valence-corrected chi connectivity index (χ2v) is 4.31. The van der Waals surface area contributed by atoms with Gasteiger partial charge in [-0.25, -0.2) is 0 Å². The second-order valence-electron chi connectivity index (χ2n) is 4.31. The fraction of sp³-hybridized carbons (Fsp3) is 0.214. The Morgan fingerprint density at radius 3 is 2.35 bits per heavy atom. The topological polar surface area (TPSA) is 36.2 Å². The van der Waals surface area contributed by atoms with Crippen molar-refractivity contribution in [1.82, 2.24) is 0 Å². The number of pyridine rings is 1. The number of aromatic nitrogens is 1. The monoisotopic (exact) mass is 283 g/mol. The molecule has 1 aromatic heterocycles. The number of hydrogen-bond donors (Lipinski definition) is 0. The predicted octanol–water partition coefficient (Wildman–Crippen LogP) is 3.23. The van der Waals surface area contributed by atoms with E-state index in [0.717, 1.165) is 12.1 Å². The molecule has 20 heavy (non-hydrogen) atoms. The van der Waals surface area contributed by atoms with Gasteiger partial charge in [-0.05, 0) is 17.7 Å². The molecule has 0 aliphatic carbocycles. The van der Waals surface area contributed by atoms with E-state index >= 15 is 0 Å². The van der Waals surface area contributed by atoms with Gasteiger partial charge in [0.1, 0.15) is 12.4 Å². The molecule has 0 unspecified atom stereocenters. The Morgan fingerprint density at radius 1 is 1.15 bits per heavy atom. The smallest absolute Gasteiger partial charge is 0.416 e. The van der Waals surface area contributed by atoms with E-state index in [0.29, 0.717) is 21.7 Å². The number of ether oxygens (including phenoxy) is 1. The first-order chi connectivity index (χ1) is 9.36. The number of rotatable bonds is 3. The predicted molar refractivity (Wildman–Crippen MR) is 65.9 cm³/mol. The number of alkyl halides is 3. The highest BCUT2D eigenvalue weighted by molar-refractivity contribution is 5.25. The molecule has 6 heteroatoms. The van der Waals surface area contributed by atoms with Gasteiger partial charge in [0, 0.05) is 19.1 Å². The summed E-state index contributed by atoms with van der Waals surface area (Å²) >= 11 is 0. The number of benzene rings is 1. The van der Waals surface area contributed by atoms with Gasteiger partial charge in [0.15, 0.2) is 11.9 Å². The van der Waals surface area contributed by atoms with E-state index < -0.39 is 11.7 Å². The zero-order chi connectivity index (χ0) is 14.8. The molecule has 0 spiro atoms. The maximum absolute atomic E-state index is 12.4. The molecule has 3 nitrogen and oxygen atoms in total. The zero-order valence-electron chi connectivity index (χ0n) is 10.6. The van der Waals surface area contributed by atoms with Gasteiger partial charge in [-0.1, -0.05) is 12.1 Å². The van der Waals surface area contributed by atoms with Gasteiger partial charge in [-0.2, -0.15) is 17.9 Å². The normalized spacial score (nSPS) is 11.4. The highest BCUT2D eigenvalue weighted by Gasteiger charge is 2.29. The number of nitrogens with zero attached hydrogens (tertiary/aromatic N) is 1. The Hall–Kier alpha value is -2.24. The Labute approximate surface area is 113 Å². The van der Waals surface area contributed by atoms with Gasteiger partial charge in [-0.3, -0.25) is 0 Å². The van der Waals surface area contributed by atoms with Crippen LogP contribution in [0, 0.1) is 12.1 Å². The summed E-state index contributed by atoms with van der Waals surface area (Å²) in [4.78, 5) is 0. The molecule has 0 bridgehead atoms. The Morgan fingerprint density at radius 2 is 1.80 bits per heavy atom. The van der Waals surface area contributed by atoms with E-state index in [-0.39, 0.29) is 6.61 Å². The molecule has 106 valence electrons. The standard InChI is InChI=1S/C14H12F3NO2/c1-10-8-13(6-7-18(10)19)20-9-11-2-4-12(5-3-11)14(15,16)17/h2-8H,9H2,1H3. The van der Waals surface area contributed by atoms with Crippen molar-refractivity contribution in [1.29, 1.82) is 0 Å². The van der Waals surface area contributed by atoms with Crippen LogP contribution in [-0.4, -0.2) is 0 Å². The summed E-state index contributed by atoms with van der Waals surface area (Å²) < 4.78 is 43.3. The van der Waals surface area contributed by atoms with Crippen LogP contribution in [0.5, 0.6) is 5.75 Å². The van der Waals surface area contributed by atoms with E-state index in [4.69, 9.17) is 4.74 Å². The van der Waals surface area contributed by atoms with Gasteiger partial charge in [-0.15, -0.1) is 0 Å². The first-order valence-corrected chi connectivity index (χ1v) is 5.85. The summed E-state index contributed by atoms with van der Waals surface area (Å²) in [5, 5.41) is 11.1. The lowest BCUT2D eigenvalue weighted by atomic mass is 10.1. The third-order valence-corrected chi connectivity index (χ3v) is 2.76. The van der Waals surface area contributed by atoms with Gasteiger partial charge >= 0.3 is 6.18 Å². The van der Waals surface area contributed by atoms with E-state index in [2.05, 4.69) is 0 Å². The fourth-order valence-electron chi connectivity index (χ4n) is 1.62. The molecule has 2 rings (SSSR count). The first-order valence-electron chi connectivity index (χ1n) is 5.85. The Bertz CT molecular complexity index is 594. The molecule has 0 saturated heterocycles. The van der Waals surface area contributed by atoms with Crippen molar-refractivity contribution >= 4 is 0 Å². The van der Waals surface area contributed by atoms with Crippen molar-refractivity contribution in [2.24, 2.45) is 0 Å². The van der Waals surface area contributed by atoms with Crippen LogP contribution in [0.15, 0.2) is 42.6 Å². The average Bonchev–Trinajstić information content (AvgIpc) is 2.40. The van der Waals surface area contributed by atoms with Gasteiger partial charge in [0.05, 0.1) is 5.56 Å². The summed E-state index contributed by atoms with van der Waals surface area (Å²) in [5.41, 5.74) is 0.411. The minimum Gasteiger partial charge on any atom is -0.619 e. The van der Waals surface area contributed by atoms with Crippen LogP contribution in [0.4, 0.5) is 13.2 Å². The van der Waals surface area contributed by atoms with Crippen LogP contribution in [0.1, 0.15) is 16.8 Å². The zero-order valence-corrected chi connectivity index (χ0v) is 10.6. The van der Waals surface area contributed by atoms with Crippen molar-refractivity contribution in [3.8, 4) is 5.75 Å².